The fraction of sp³-hybridized carbons (Fsp3) is 0.333. The molecule has 1 aliphatic rings. The average molecular weight is 421 g/mol. The van der Waals surface area contributed by atoms with Crippen molar-refractivity contribution in [3.8, 4) is 5.75 Å². The fourth-order valence-electron chi connectivity index (χ4n) is 3.33. The molecule has 0 bridgehead atoms. The second kappa shape index (κ2) is 10.5. The molecule has 2 N–H and O–H groups in total. The molecule has 162 valence electrons. The van der Waals surface area contributed by atoms with Crippen LogP contribution in [0.1, 0.15) is 18.9 Å². The van der Waals surface area contributed by atoms with Crippen molar-refractivity contribution in [3.05, 3.63) is 60.2 Å². The van der Waals surface area contributed by atoms with Gasteiger partial charge < -0.3 is 15.0 Å². The highest BCUT2D eigenvalue weighted by atomic mass is 16.5. The predicted molar refractivity (Wildman–Crippen MR) is 122 cm³/mol. The van der Waals surface area contributed by atoms with Crippen LogP contribution in [-0.2, 0) is 16.0 Å². The van der Waals surface area contributed by atoms with E-state index in [9.17, 15) is 9.59 Å². The maximum absolute atomic E-state index is 12.7. The zero-order chi connectivity index (χ0) is 22.2. The highest BCUT2D eigenvalue weighted by Crippen LogP contribution is 2.31. The molecule has 1 aliphatic heterocycles. The van der Waals surface area contributed by atoms with Crippen LogP contribution in [-0.4, -0.2) is 44.1 Å². The smallest absolute Gasteiger partial charge is 0.288 e. The average Bonchev–Trinajstić information content (AvgIpc) is 2.92. The Kier molecular flexibility index (Phi) is 7.54. The number of carbonyl (C=O) groups excluding carboxylic acids is 2. The number of hydrogen-bond acceptors (Lipinski definition) is 4. The summed E-state index contributed by atoms with van der Waals surface area (Å²) in [6, 6.07) is 17.5. The van der Waals surface area contributed by atoms with Crippen molar-refractivity contribution < 1.29 is 14.3 Å². The summed E-state index contributed by atoms with van der Waals surface area (Å²) >= 11 is 0. The van der Waals surface area contributed by atoms with Crippen molar-refractivity contribution in [2.75, 3.05) is 25.1 Å². The lowest BCUT2D eigenvalue weighted by atomic mass is 10.0. The Hall–Kier alpha value is -3.48. The summed E-state index contributed by atoms with van der Waals surface area (Å²) in [6.07, 6.45) is 3.42. The maximum atomic E-state index is 12.7. The Labute approximate surface area is 182 Å². The molecule has 7 heteroatoms. The quantitative estimate of drug-likeness (QED) is 0.555. The van der Waals surface area contributed by atoms with E-state index in [1.807, 2.05) is 49.4 Å². The summed E-state index contributed by atoms with van der Waals surface area (Å²) in [4.78, 5) is 30.5. The highest BCUT2D eigenvalue weighted by Gasteiger charge is 2.29. The molecule has 3 rings (SSSR count). The number of amides is 2. The zero-order valence-electron chi connectivity index (χ0n) is 17.9. The lowest BCUT2D eigenvalue weighted by molar-refractivity contribution is -0.122. The van der Waals surface area contributed by atoms with E-state index in [0.717, 1.165) is 12.8 Å². The minimum atomic E-state index is -0.608. The Morgan fingerprint density at radius 1 is 1.26 bits per heavy atom. The molecule has 7 nitrogen and oxygen atoms in total. The molecule has 0 aliphatic carbocycles. The van der Waals surface area contributed by atoms with Gasteiger partial charge in [0.05, 0.1) is 11.6 Å². The van der Waals surface area contributed by atoms with Gasteiger partial charge in [0, 0.05) is 19.8 Å². The van der Waals surface area contributed by atoms with Crippen molar-refractivity contribution in [1.29, 1.82) is 5.41 Å². The van der Waals surface area contributed by atoms with Crippen molar-refractivity contribution in [2.45, 2.75) is 19.8 Å². The van der Waals surface area contributed by atoms with Gasteiger partial charge >= 0.3 is 0 Å². The third-order valence-electron chi connectivity index (χ3n) is 5.26. The molecule has 0 aromatic heterocycles. The van der Waals surface area contributed by atoms with Gasteiger partial charge in [0.15, 0.2) is 0 Å². The van der Waals surface area contributed by atoms with Gasteiger partial charge in [0.1, 0.15) is 12.4 Å². The molecule has 2 aromatic carbocycles. The van der Waals surface area contributed by atoms with E-state index in [0.29, 0.717) is 11.4 Å². The number of nitrogens with zero attached hydrogens (tertiary/aromatic N) is 2. The highest BCUT2D eigenvalue weighted by molar-refractivity contribution is 6.38. The van der Waals surface area contributed by atoms with Gasteiger partial charge in [-0.2, -0.15) is 0 Å². The normalized spacial score (nSPS) is 16.9. The van der Waals surface area contributed by atoms with E-state index in [2.05, 4.69) is 22.4 Å². The number of benzene rings is 2. The van der Waals surface area contributed by atoms with Gasteiger partial charge in [-0.05, 0) is 36.5 Å². The number of fused-ring (bicyclic) bond motifs is 1. The first-order valence-corrected chi connectivity index (χ1v) is 10.4. The SMILES string of the molecule is C[C@H](C=NC(=N)C(=O)NC[C@H]1COc2ccccc2N(C)C1=O)CCc1ccccc1. The van der Waals surface area contributed by atoms with E-state index < -0.39 is 11.8 Å². The number of nitrogens with one attached hydrogen (secondary N) is 2. The fourth-order valence-corrected chi connectivity index (χ4v) is 3.33. The van der Waals surface area contributed by atoms with E-state index in [1.165, 1.54) is 10.5 Å². The molecule has 1 heterocycles. The van der Waals surface area contributed by atoms with Gasteiger partial charge in [-0.3, -0.25) is 15.0 Å². The maximum Gasteiger partial charge on any atom is 0.288 e. The Morgan fingerprint density at radius 3 is 2.74 bits per heavy atom. The molecule has 0 unspecified atom stereocenters. The molecular weight excluding hydrogens is 392 g/mol. The van der Waals surface area contributed by atoms with Crippen LogP contribution >= 0.6 is 0 Å². The first-order valence-electron chi connectivity index (χ1n) is 10.4. The first-order chi connectivity index (χ1) is 15.0. The van der Waals surface area contributed by atoms with Crippen LogP contribution in [0.15, 0.2) is 59.6 Å². The molecule has 2 atom stereocenters. The lowest BCUT2D eigenvalue weighted by Crippen LogP contribution is -2.42. The summed E-state index contributed by atoms with van der Waals surface area (Å²) < 4.78 is 5.74. The number of rotatable bonds is 6. The number of anilines is 1. The monoisotopic (exact) mass is 420 g/mol. The first kappa shape index (κ1) is 22.2. The predicted octanol–water partition coefficient (Wildman–Crippen LogP) is 3.09. The van der Waals surface area contributed by atoms with Crippen LogP contribution in [0, 0.1) is 17.2 Å². The standard InChI is InChI=1S/C24H28N4O3/c1-17(12-13-18-8-4-3-5-9-18)14-26-22(25)23(29)27-15-19-16-31-21-11-7-6-10-20(21)28(2)24(19)30/h3-11,14,17,19,25H,12-13,15-16H2,1-2H3,(H,27,29)/t17-,19-/m0/s1. The number of hydrogen-bond donors (Lipinski definition) is 2. The second-order valence-electron chi connectivity index (χ2n) is 7.71. The van der Waals surface area contributed by atoms with Gasteiger partial charge in [-0.1, -0.05) is 49.4 Å². The van der Waals surface area contributed by atoms with Crippen LogP contribution in [0.25, 0.3) is 0 Å². The number of ether oxygens (including phenoxy) is 1. The Balaban J connectivity index is 1.47. The van der Waals surface area contributed by atoms with Crippen LogP contribution in [0.4, 0.5) is 5.69 Å². The minimum Gasteiger partial charge on any atom is -0.490 e. The molecule has 31 heavy (non-hydrogen) atoms. The lowest BCUT2D eigenvalue weighted by Gasteiger charge is -2.19. The summed E-state index contributed by atoms with van der Waals surface area (Å²) in [6.45, 7) is 2.25. The topological polar surface area (TPSA) is 94.8 Å². The van der Waals surface area contributed by atoms with E-state index >= 15 is 0 Å². The molecule has 2 aromatic rings. The van der Waals surface area contributed by atoms with Gasteiger partial charge in [-0.15, -0.1) is 0 Å². The van der Waals surface area contributed by atoms with Crippen molar-refractivity contribution in [2.24, 2.45) is 16.8 Å². The van der Waals surface area contributed by atoms with E-state index in [4.69, 9.17) is 10.1 Å². The summed E-state index contributed by atoms with van der Waals surface area (Å²) in [7, 11) is 1.69. The Morgan fingerprint density at radius 2 is 1.97 bits per heavy atom. The second-order valence-corrected chi connectivity index (χ2v) is 7.71. The van der Waals surface area contributed by atoms with Gasteiger partial charge in [0.25, 0.3) is 5.91 Å². The van der Waals surface area contributed by atoms with Gasteiger partial charge in [-0.25, -0.2) is 4.99 Å². The number of amidine groups is 1. The Bertz CT molecular complexity index is 958. The number of carbonyl (C=O) groups is 2. The van der Waals surface area contributed by atoms with E-state index in [-0.39, 0.29) is 30.8 Å². The largest absolute Gasteiger partial charge is 0.490 e. The number of aliphatic imine (C=N–C) groups is 1. The van der Waals surface area contributed by atoms with Crippen molar-refractivity contribution >= 4 is 29.6 Å². The summed E-state index contributed by atoms with van der Waals surface area (Å²) in [5, 5.41) is 10.5. The van der Waals surface area contributed by atoms with Crippen molar-refractivity contribution in [1.82, 2.24) is 5.32 Å². The van der Waals surface area contributed by atoms with Crippen LogP contribution in [0.2, 0.25) is 0 Å². The van der Waals surface area contributed by atoms with Crippen LogP contribution < -0.4 is 15.0 Å². The third kappa shape index (κ3) is 6.01. The van der Waals surface area contributed by atoms with Gasteiger partial charge in [0.2, 0.25) is 11.7 Å². The summed E-state index contributed by atoms with van der Waals surface area (Å²) in [5.41, 5.74) is 1.95. The zero-order valence-corrected chi connectivity index (χ0v) is 17.9. The minimum absolute atomic E-state index is 0.0808. The molecule has 0 saturated heterocycles. The molecule has 0 saturated carbocycles. The molecular formula is C24H28N4O3. The molecule has 0 spiro atoms. The summed E-state index contributed by atoms with van der Waals surface area (Å²) in [5.74, 6) is -0.891. The van der Waals surface area contributed by atoms with Crippen molar-refractivity contribution in [3.63, 3.8) is 0 Å². The molecule has 0 fully saturated rings. The van der Waals surface area contributed by atoms with Crippen LogP contribution in [0.5, 0.6) is 5.75 Å². The van der Waals surface area contributed by atoms with Crippen LogP contribution in [0.3, 0.4) is 0 Å². The number of para-hydroxylation sites is 2. The number of aryl methyl sites for hydroxylation is 1. The third-order valence-corrected chi connectivity index (χ3v) is 5.26. The van der Waals surface area contributed by atoms with E-state index in [1.54, 1.807) is 13.3 Å². The molecule has 0 radical (unpaired) electrons. The molecule has 2 amide bonds.